The summed E-state index contributed by atoms with van der Waals surface area (Å²) in [5.41, 5.74) is -2.81. The van der Waals surface area contributed by atoms with E-state index in [1.807, 2.05) is 0 Å². The highest BCUT2D eigenvalue weighted by Crippen LogP contribution is 2.36. The van der Waals surface area contributed by atoms with Gasteiger partial charge in [-0.15, -0.1) is 21.5 Å². The summed E-state index contributed by atoms with van der Waals surface area (Å²) in [5.74, 6) is -0.902. The number of ether oxygens (including phenoxy) is 1. The second-order valence-electron chi connectivity index (χ2n) is 7.18. The minimum atomic E-state index is -4.76. The van der Waals surface area contributed by atoms with Gasteiger partial charge in [0.05, 0.1) is 18.1 Å². The highest BCUT2D eigenvalue weighted by molar-refractivity contribution is 7.18. The van der Waals surface area contributed by atoms with Crippen LogP contribution in [-0.4, -0.2) is 33.9 Å². The number of fused-ring (bicyclic) bond motifs is 1. The summed E-state index contributed by atoms with van der Waals surface area (Å²) in [4.78, 5) is 29.1. The van der Waals surface area contributed by atoms with Crippen molar-refractivity contribution in [2.75, 3.05) is 14.2 Å². The lowest BCUT2D eigenvalue weighted by molar-refractivity contribution is -0.138. The van der Waals surface area contributed by atoms with Crippen LogP contribution in [0.25, 0.3) is 16.0 Å². The molecular formula is C21H17F4N5O3S. The number of nitrogens with zero attached hydrogens (tertiary/aromatic N) is 3. The average molecular weight is 495 g/mol. The van der Waals surface area contributed by atoms with Gasteiger partial charge in [-0.2, -0.15) is 13.2 Å². The third-order valence-corrected chi connectivity index (χ3v) is 6.26. The molecule has 0 atom stereocenters. The number of nitrogens with one attached hydrogen (secondary N) is 2. The molecule has 2 N–H and O–H groups in total. The Hall–Kier alpha value is -3.58. The van der Waals surface area contributed by atoms with Gasteiger partial charge in [0.25, 0.3) is 5.56 Å². The minimum absolute atomic E-state index is 0.0643. The van der Waals surface area contributed by atoms with Gasteiger partial charge in [-0.25, -0.2) is 13.8 Å². The molecule has 0 saturated heterocycles. The molecule has 0 saturated carbocycles. The Kier molecular flexibility index (Phi) is 6.23. The number of rotatable bonds is 6. The monoisotopic (exact) mass is 495 g/mol. The maximum Gasteiger partial charge on any atom is 0.416 e. The zero-order chi connectivity index (χ0) is 24.6. The SMILES string of the molecule is CNCc1c(Cc2c(F)cccc2C(F)(F)F)sc2[nH]c(=O)n(-c3ccc(OC)nn3)c(=O)c12. The van der Waals surface area contributed by atoms with Crippen molar-refractivity contribution in [2.24, 2.45) is 0 Å². The normalized spacial score (nSPS) is 11.8. The van der Waals surface area contributed by atoms with Crippen molar-refractivity contribution in [3.8, 4) is 11.7 Å². The highest BCUT2D eigenvalue weighted by atomic mass is 32.1. The Labute approximate surface area is 192 Å². The molecule has 0 unspecified atom stereocenters. The molecular weight excluding hydrogens is 478 g/mol. The second-order valence-corrected chi connectivity index (χ2v) is 8.29. The van der Waals surface area contributed by atoms with E-state index in [4.69, 9.17) is 4.74 Å². The lowest BCUT2D eigenvalue weighted by Gasteiger charge is -2.14. The van der Waals surface area contributed by atoms with Crippen LogP contribution < -0.4 is 21.3 Å². The molecule has 34 heavy (non-hydrogen) atoms. The van der Waals surface area contributed by atoms with E-state index in [1.54, 1.807) is 7.05 Å². The fraction of sp³-hybridized carbons (Fsp3) is 0.238. The molecule has 0 aliphatic rings. The van der Waals surface area contributed by atoms with Crippen molar-refractivity contribution in [1.82, 2.24) is 25.1 Å². The minimum Gasteiger partial charge on any atom is -0.480 e. The molecule has 0 bridgehead atoms. The summed E-state index contributed by atoms with van der Waals surface area (Å²) >= 11 is 0.926. The standard InChI is InChI=1S/C21H17F4N5O3S/c1-26-9-11-14(8-10-12(21(23,24)25)4-3-5-13(10)22)34-18-17(11)19(31)30(20(32)27-18)15-6-7-16(33-2)29-28-15/h3-7,26H,8-9H2,1-2H3,(H,27,32). The molecule has 4 aromatic rings. The van der Waals surface area contributed by atoms with Crippen LogP contribution >= 0.6 is 11.3 Å². The summed E-state index contributed by atoms with van der Waals surface area (Å²) in [7, 11) is 2.97. The van der Waals surface area contributed by atoms with Gasteiger partial charge in [-0.05, 0) is 30.8 Å². The number of hydrogen-bond donors (Lipinski definition) is 2. The molecule has 178 valence electrons. The number of thiophene rings is 1. The van der Waals surface area contributed by atoms with Gasteiger partial charge in [-0.1, -0.05) is 6.07 Å². The zero-order valence-electron chi connectivity index (χ0n) is 17.8. The summed E-state index contributed by atoms with van der Waals surface area (Å²) < 4.78 is 60.7. The van der Waals surface area contributed by atoms with Crippen molar-refractivity contribution in [3.63, 3.8) is 0 Å². The van der Waals surface area contributed by atoms with Crippen LogP contribution in [0.1, 0.15) is 21.6 Å². The number of H-pyrrole nitrogens is 1. The Morgan fingerprint density at radius 1 is 1.15 bits per heavy atom. The number of benzene rings is 1. The molecule has 0 amide bonds. The van der Waals surface area contributed by atoms with E-state index in [9.17, 15) is 27.2 Å². The molecule has 13 heteroatoms. The maximum absolute atomic E-state index is 14.5. The topological polar surface area (TPSA) is 102 Å². The van der Waals surface area contributed by atoms with Crippen molar-refractivity contribution in [3.05, 3.63) is 78.6 Å². The maximum atomic E-state index is 14.5. The molecule has 8 nitrogen and oxygen atoms in total. The molecule has 0 aliphatic heterocycles. The third kappa shape index (κ3) is 4.19. The molecule has 0 spiro atoms. The summed E-state index contributed by atoms with van der Waals surface area (Å²) in [6.07, 6.45) is -5.17. The van der Waals surface area contributed by atoms with Crippen LogP contribution in [0.15, 0.2) is 39.9 Å². The number of hydrogen-bond acceptors (Lipinski definition) is 7. The lowest BCUT2D eigenvalue weighted by atomic mass is 10.00. The predicted molar refractivity (Wildman–Crippen MR) is 117 cm³/mol. The van der Waals surface area contributed by atoms with Crippen LogP contribution in [0.4, 0.5) is 17.6 Å². The van der Waals surface area contributed by atoms with Gasteiger partial charge < -0.3 is 10.1 Å². The number of aromatic nitrogens is 4. The molecule has 3 aromatic heterocycles. The van der Waals surface area contributed by atoms with Crippen LogP contribution in [0.2, 0.25) is 0 Å². The average Bonchev–Trinajstić information content (AvgIpc) is 3.12. The molecule has 0 fully saturated rings. The van der Waals surface area contributed by atoms with E-state index in [1.165, 1.54) is 19.2 Å². The number of methoxy groups -OCH3 is 1. The Bertz CT molecular complexity index is 1480. The quantitative estimate of drug-likeness (QED) is 0.399. The van der Waals surface area contributed by atoms with Crippen molar-refractivity contribution >= 4 is 21.6 Å². The molecule has 0 aliphatic carbocycles. The van der Waals surface area contributed by atoms with Crippen LogP contribution in [0.5, 0.6) is 5.88 Å². The van der Waals surface area contributed by atoms with Crippen LogP contribution in [-0.2, 0) is 19.1 Å². The number of aromatic amines is 1. The van der Waals surface area contributed by atoms with Gasteiger partial charge in [-0.3, -0.25) is 9.78 Å². The molecule has 1 aromatic carbocycles. The largest absolute Gasteiger partial charge is 0.480 e. The first-order valence-electron chi connectivity index (χ1n) is 9.82. The second kappa shape index (κ2) is 8.99. The molecule has 4 rings (SSSR count). The third-order valence-electron chi connectivity index (χ3n) is 5.11. The number of alkyl halides is 3. The molecule has 3 heterocycles. The van der Waals surface area contributed by atoms with Gasteiger partial charge in [0.15, 0.2) is 5.82 Å². The van der Waals surface area contributed by atoms with Gasteiger partial charge >= 0.3 is 11.9 Å². The Balaban J connectivity index is 1.93. The van der Waals surface area contributed by atoms with E-state index in [2.05, 4.69) is 20.5 Å². The summed E-state index contributed by atoms with van der Waals surface area (Å²) in [6, 6.07) is 5.54. The first-order chi connectivity index (χ1) is 16.2. The summed E-state index contributed by atoms with van der Waals surface area (Å²) in [5, 5.41) is 10.5. The number of halogens is 4. The van der Waals surface area contributed by atoms with Crippen LogP contribution in [0, 0.1) is 5.82 Å². The van der Waals surface area contributed by atoms with Gasteiger partial charge in [0, 0.05) is 29.5 Å². The lowest BCUT2D eigenvalue weighted by Crippen LogP contribution is -2.34. The van der Waals surface area contributed by atoms with Crippen molar-refractivity contribution in [2.45, 2.75) is 19.1 Å². The Morgan fingerprint density at radius 3 is 2.53 bits per heavy atom. The highest BCUT2D eigenvalue weighted by Gasteiger charge is 2.35. The van der Waals surface area contributed by atoms with Crippen molar-refractivity contribution < 1.29 is 22.3 Å². The van der Waals surface area contributed by atoms with E-state index in [0.717, 1.165) is 34.1 Å². The van der Waals surface area contributed by atoms with Crippen molar-refractivity contribution in [1.29, 1.82) is 0 Å². The first kappa shape index (κ1) is 23.6. The van der Waals surface area contributed by atoms with Gasteiger partial charge in [0.1, 0.15) is 10.6 Å². The van der Waals surface area contributed by atoms with E-state index in [-0.39, 0.29) is 28.5 Å². The fourth-order valence-corrected chi connectivity index (χ4v) is 4.82. The van der Waals surface area contributed by atoms with Gasteiger partial charge in [0.2, 0.25) is 5.88 Å². The van der Waals surface area contributed by atoms with E-state index < -0.39 is 40.8 Å². The fourth-order valence-electron chi connectivity index (χ4n) is 3.60. The van der Waals surface area contributed by atoms with E-state index >= 15 is 0 Å². The first-order valence-corrected chi connectivity index (χ1v) is 10.6. The zero-order valence-corrected chi connectivity index (χ0v) is 18.6. The molecule has 0 radical (unpaired) electrons. The summed E-state index contributed by atoms with van der Waals surface area (Å²) in [6.45, 7) is 0.0979. The van der Waals surface area contributed by atoms with E-state index in [0.29, 0.717) is 10.4 Å². The van der Waals surface area contributed by atoms with Crippen LogP contribution in [0.3, 0.4) is 0 Å². The smallest absolute Gasteiger partial charge is 0.416 e. The Morgan fingerprint density at radius 2 is 1.91 bits per heavy atom. The predicted octanol–water partition coefficient (Wildman–Crippen LogP) is 3.01.